The molecule has 3 nitrogen and oxygen atoms in total. The average molecular weight is 188 g/mol. The summed E-state index contributed by atoms with van der Waals surface area (Å²) in [5.74, 6) is 1.48. The Labute approximate surface area is 82.0 Å². The summed E-state index contributed by atoms with van der Waals surface area (Å²) < 4.78 is 5.24. The van der Waals surface area contributed by atoms with Gasteiger partial charge in [0.2, 0.25) is 0 Å². The molecule has 0 amide bonds. The van der Waals surface area contributed by atoms with Crippen molar-refractivity contribution in [3.05, 3.63) is 0 Å². The Bertz CT molecular complexity index is 107. The third kappa shape index (κ3) is 8.22. The van der Waals surface area contributed by atoms with E-state index in [1.54, 1.807) is 0 Å². The van der Waals surface area contributed by atoms with Gasteiger partial charge in [-0.2, -0.15) is 0 Å². The van der Waals surface area contributed by atoms with Crippen LogP contribution in [0.5, 0.6) is 0 Å². The number of ether oxygens (including phenoxy) is 1. The Morgan fingerprint density at radius 1 is 1.23 bits per heavy atom. The van der Waals surface area contributed by atoms with Gasteiger partial charge in [0.1, 0.15) is 0 Å². The van der Waals surface area contributed by atoms with Gasteiger partial charge in [-0.25, -0.2) is 0 Å². The molecule has 0 aliphatic carbocycles. The molecule has 0 radical (unpaired) electrons. The summed E-state index contributed by atoms with van der Waals surface area (Å²) in [4.78, 5) is 0. The highest BCUT2D eigenvalue weighted by Crippen LogP contribution is 2.06. The van der Waals surface area contributed by atoms with Crippen LogP contribution in [0.2, 0.25) is 0 Å². The topological polar surface area (TPSA) is 47.3 Å². The molecular weight excluding hydrogens is 164 g/mol. The van der Waals surface area contributed by atoms with Gasteiger partial charge in [0.25, 0.3) is 0 Å². The van der Waals surface area contributed by atoms with Gasteiger partial charge in [0, 0.05) is 13.1 Å². The first kappa shape index (κ1) is 12.9. The Morgan fingerprint density at radius 2 is 1.92 bits per heavy atom. The monoisotopic (exact) mass is 188 g/mol. The number of nitrogens with two attached hydrogens (primary N) is 1. The zero-order valence-corrected chi connectivity index (χ0v) is 9.18. The van der Waals surface area contributed by atoms with E-state index in [0.29, 0.717) is 13.2 Å². The van der Waals surface area contributed by atoms with Gasteiger partial charge < -0.3 is 15.8 Å². The lowest BCUT2D eigenvalue weighted by molar-refractivity contribution is 0.142. The van der Waals surface area contributed by atoms with E-state index in [9.17, 15) is 0 Å². The summed E-state index contributed by atoms with van der Waals surface area (Å²) in [6, 6.07) is 0. The molecule has 3 N–H and O–H groups in total. The summed E-state index contributed by atoms with van der Waals surface area (Å²) in [7, 11) is 0. The molecule has 0 aromatic carbocycles. The average Bonchev–Trinajstić information content (AvgIpc) is 2.10. The summed E-state index contributed by atoms with van der Waals surface area (Å²) >= 11 is 0. The van der Waals surface area contributed by atoms with E-state index in [-0.39, 0.29) is 0 Å². The summed E-state index contributed by atoms with van der Waals surface area (Å²) in [5.41, 5.74) is 5.29. The zero-order valence-electron chi connectivity index (χ0n) is 9.18. The lowest BCUT2D eigenvalue weighted by Crippen LogP contribution is -2.27. The molecule has 80 valence electrons. The Kier molecular flexibility index (Phi) is 8.40. The summed E-state index contributed by atoms with van der Waals surface area (Å²) in [5, 5.41) is 3.36. The van der Waals surface area contributed by atoms with Crippen molar-refractivity contribution in [2.24, 2.45) is 17.6 Å². The van der Waals surface area contributed by atoms with Crippen LogP contribution in [0.4, 0.5) is 0 Å². The van der Waals surface area contributed by atoms with Gasteiger partial charge in [-0.15, -0.1) is 0 Å². The van der Waals surface area contributed by atoms with Crippen LogP contribution in [0.1, 0.15) is 20.8 Å². The van der Waals surface area contributed by atoms with E-state index in [0.717, 1.165) is 31.5 Å². The van der Waals surface area contributed by atoms with Gasteiger partial charge in [-0.3, -0.25) is 0 Å². The SMILES string of the molecule is CC(C)C(C)CNCCOCCN. The minimum Gasteiger partial charge on any atom is -0.379 e. The molecule has 13 heavy (non-hydrogen) atoms. The Balaban J connectivity index is 3.07. The number of nitrogens with one attached hydrogen (secondary N) is 1. The highest BCUT2D eigenvalue weighted by molar-refractivity contribution is 4.59. The van der Waals surface area contributed by atoms with Crippen molar-refractivity contribution in [1.82, 2.24) is 5.32 Å². The molecule has 0 rings (SSSR count). The molecular formula is C10H24N2O. The second-order valence-electron chi connectivity index (χ2n) is 3.83. The van der Waals surface area contributed by atoms with E-state index in [2.05, 4.69) is 26.1 Å². The van der Waals surface area contributed by atoms with E-state index in [1.165, 1.54) is 0 Å². The van der Waals surface area contributed by atoms with Gasteiger partial charge in [0.05, 0.1) is 13.2 Å². The quantitative estimate of drug-likeness (QED) is 0.555. The molecule has 0 bridgehead atoms. The standard InChI is InChI=1S/C10H24N2O/c1-9(2)10(3)8-12-5-7-13-6-4-11/h9-10,12H,4-8,11H2,1-3H3. The third-order valence-electron chi connectivity index (χ3n) is 2.29. The largest absolute Gasteiger partial charge is 0.379 e. The minimum atomic E-state index is 0.613. The number of hydrogen-bond acceptors (Lipinski definition) is 3. The van der Waals surface area contributed by atoms with Gasteiger partial charge in [-0.05, 0) is 18.4 Å². The maximum atomic E-state index is 5.29. The predicted molar refractivity (Wildman–Crippen MR) is 56.7 cm³/mol. The fourth-order valence-electron chi connectivity index (χ4n) is 0.895. The molecule has 0 saturated heterocycles. The highest BCUT2D eigenvalue weighted by Gasteiger charge is 2.05. The van der Waals surface area contributed by atoms with Crippen molar-refractivity contribution < 1.29 is 4.74 Å². The molecule has 1 atom stereocenters. The van der Waals surface area contributed by atoms with Crippen LogP contribution in [0.3, 0.4) is 0 Å². The van der Waals surface area contributed by atoms with Crippen LogP contribution in [0.25, 0.3) is 0 Å². The molecule has 3 heteroatoms. The van der Waals surface area contributed by atoms with E-state index >= 15 is 0 Å². The van der Waals surface area contributed by atoms with Crippen molar-refractivity contribution in [3.8, 4) is 0 Å². The molecule has 1 unspecified atom stereocenters. The molecule has 0 heterocycles. The van der Waals surface area contributed by atoms with Gasteiger partial charge >= 0.3 is 0 Å². The molecule has 0 saturated carbocycles. The first-order chi connectivity index (χ1) is 6.18. The maximum Gasteiger partial charge on any atom is 0.0591 e. The first-order valence-corrected chi connectivity index (χ1v) is 5.17. The van der Waals surface area contributed by atoms with Gasteiger partial charge in [-0.1, -0.05) is 20.8 Å². The maximum absolute atomic E-state index is 5.29. The second kappa shape index (κ2) is 8.48. The lowest BCUT2D eigenvalue weighted by atomic mass is 9.98. The zero-order chi connectivity index (χ0) is 10.1. The van der Waals surface area contributed by atoms with Crippen molar-refractivity contribution >= 4 is 0 Å². The van der Waals surface area contributed by atoms with Crippen molar-refractivity contribution in [2.75, 3.05) is 32.8 Å². The van der Waals surface area contributed by atoms with E-state index < -0.39 is 0 Å². The second-order valence-corrected chi connectivity index (χ2v) is 3.83. The first-order valence-electron chi connectivity index (χ1n) is 5.17. The Morgan fingerprint density at radius 3 is 2.46 bits per heavy atom. The third-order valence-corrected chi connectivity index (χ3v) is 2.29. The van der Waals surface area contributed by atoms with E-state index in [1.807, 2.05) is 0 Å². The number of rotatable bonds is 8. The van der Waals surface area contributed by atoms with Crippen molar-refractivity contribution in [2.45, 2.75) is 20.8 Å². The van der Waals surface area contributed by atoms with Gasteiger partial charge in [0.15, 0.2) is 0 Å². The Hall–Kier alpha value is -0.120. The fraction of sp³-hybridized carbons (Fsp3) is 1.00. The molecule has 0 aromatic heterocycles. The van der Waals surface area contributed by atoms with Crippen LogP contribution in [-0.4, -0.2) is 32.8 Å². The summed E-state index contributed by atoms with van der Waals surface area (Å²) in [6.07, 6.45) is 0. The number of hydrogen-bond donors (Lipinski definition) is 2. The van der Waals surface area contributed by atoms with E-state index in [4.69, 9.17) is 10.5 Å². The predicted octanol–water partition coefficient (Wildman–Crippen LogP) is 0.843. The molecule has 0 fully saturated rings. The minimum absolute atomic E-state index is 0.613. The van der Waals surface area contributed by atoms with Crippen LogP contribution >= 0.6 is 0 Å². The molecule has 0 aromatic rings. The van der Waals surface area contributed by atoms with Crippen LogP contribution in [0, 0.1) is 11.8 Å². The van der Waals surface area contributed by atoms with Crippen LogP contribution < -0.4 is 11.1 Å². The fourth-order valence-corrected chi connectivity index (χ4v) is 0.895. The van der Waals surface area contributed by atoms with Crippen molar-refractivity contribution in [3.63, 3.8) is 0 Å². The molecule has 0 aliphatic heterocycles. The summed E-state index contributed by atoms with van der Waals surface area (Å²) in [6.45, 7) is 10.8. The van der Waals surface area contributed by atoms with Crippen molar-refractivity contribution in [1.29, 1.82) is 0 Å². The smallest absolute Gasteiger partial charge is 0.0591 e. The molecule has 0 aliphatic rings. The van der Waals surface area contributed by atoms with Crippen LogP contribution in [-0.2, 0) is 4.74 Å². The highest BCUT2D eigenvalue weighted by atomic mass is 16.5. The van der Waals surface area contributed by atoms with Crippen LogP contribution in [0.15, 0.2) is 0 Å². The lowest BCUT2D eigenvalue weighted by Gasteiger charge is -2.15. The molecule has 0 spiro atoms. The normalized spacial score (nSPS) is 13.6.